The van der Waals surface area contributed by atoms with Gasteiger partial charge in [-0.15, -0.1) is 0 Å². The van der Waals surface area contributed by atoms with Crippen molar-refractivity contribution in [3.63, 3.8) is 0 Å². The van der Waals surface area contributed by atoms with Crippen LogP contribution < -0.4 is 10.6 Å². The van der Waals surface area contributed by atoms with Crippen LogP contribution in [0.1, 0.15) is 31.0 Å². The first kappa shape index (κ1) is 20.5. The van der Waals surface area contributed by atoms with E-state index in [9.17, 15) is 0 Å². The summed E-state index contributed by atoms with van der Waals surface area (Å²) >= 11 is 0. The predicted octanol–water partition coefficient (Wildman–Crippen LogP) is 3.82. The summed E-state index contributed by atoms with van der Waals surface area (Å²) in [6.07, 6.45) is 5.58. The smallest absolute Gasteiger partial charge is 0.225 e. The molecule has 1 aliphatic rings. The maximum Gasteiger partial charge on any atom is 0.225 e. The molecule has 4 heterocycles. The topological polar surface area (TPSA) is 75.6 Å². The van der Waals surface area contributed by atoms with Crippen molar-refractivity contribution in [2.45, 2.75) is 26.3 Å². The van der Waals surface area contributed by atoms with Gasteiger partial charge in [-0.05, 0) is 29.7 Å². The number of nitrogens with zero attached hydrogens (tertiary/aromatic N) is 6. The first-order chi connectivity index (χ1) is 15.6. The number of imidazole rings is 1. The maximum absolute atomic E-state index is 6.13. The van der Waals surface area contributed by atoms with Crippen molar-refractivity contribution in [3.05, 3.63) is 72.3 Å². The monoisotopic (exact) mass is 427 g/mol. The van der Waals surface area contributed by atoms with E-state index in [0.717, 1.165) is 61.3 Å². The molecule has 1 fully saturated rings. The number of hydrogen-bond acceptors (Lipinski definition) is 6. The summed E-state index contributed by atoms with van der Waals surface area (Å²) in [5.74, 6) is 1.31. The second-order valence-corrected chi connectivity index (χ2v) is 8.69. The van der Waals surface area contributed by atoms with E-state index in [1.165, 1.54) is 11.3 Å². The maximum atomic E-state index is 6.13. The van der Waals surface area contributed by atoms with E-state index in [1.807, 2.05) is 24.4 Å². The number of nitrogen functional groups attached to an aromatic ring is 1. The van der Waals surface area contributed by atoms with Crippen molar-refractivity contribution in [3.8, 4) is 11.3 Å². The van der Waals surface area contributed by atoms with Crippen molar-refractivity contribution >= 4 is 17.3 Å². The van der Waals surface area contributed by atoms with Gasteiger partial charge in [-0.2, -0.15) is 0 Å². The Balaban J connectivity index is 1.42. The zero-order valence-electron chi connectivity index (χ0n) is 18.6. The SMILES string of the molecule is CC(C)c1ccc(-c2nc3ccc(N)cn3c2CN2CCN(c3ncccn3)CC2)cc1. The fourth-order valence-electron chi connectivity index (χ4n) is 4.29. The van der Waals surface area contributed by atoms with Gasteiger partial charge in [-0.3, -0.25) is 4.90 Å². The Morgan fingerprint density at radius 3 is 2.34 bits per heavy atom. The Kier molecular flexibility index (Phi) is 5.49. The van der Waals surface area contributed by atoms with Crippen molar-refractivity contribution < 1.29 is 0 Å². The van der Waals surface area contributed by atoms with Crippen LogP contribution in [0.2, 0.25) is 0 Å². The van der Waals surface area contributed by atoms with Crippen LogP contribution in [0, 0.1) is 0 Å². The standard InChI is InChI=1S/C25H29N7/c1-18(2)19-4-6-20(7-5-19)24-22(32-16-21(26)8-9-23(32)29-24)17-30-12-14-31(15-13-30)25-27-10-3-11-28-25/h3-11,16,18H,12-15,17,26H2,1-2H3. The third-order valence-corrected chi connectivity index (χ3v) is 6.17. The van der Waals surface area contributed by atoms with Gasteiger partial charge in [0, 0.05) is 62.6 Å². The minimum Gasteiger partial charge on any atom is -0.398 e. The lowest BCUT2D eigenvalue weighted by molar-refractivity contribution is 0.246. The van der Waals surface area contributed by atoms with Gasteiger partial charge < -0.3 is 15.0 Å². The molecule has 0 saturated carbocycles. The second-order valence-electron chi connectivity index (χ2n) is 8.69. The van der Waals surface area contributed by atoms with Gasteiger partial charge in [-0.25, -0.2) is 15.0 Å². The number of anilines is 2. The van der Waals surface area contributed by atoms with Gasteiger partial charge in [0.05, 0.1) is 11.4 Å². The third-order valence-electron chi connectivity index (χ3n) is 6.17. The van der Waals surface area contributed by atoms with Gasteiger partial charge >= 0.3 is 0 Å². The Bertz CT molecular complexity index is 1190. The van der Waals surface area contributed by atoms with E-state index in [2.05, 4.69) is 62.3 Å². The summed E-state index contributed by atoms with van der Waals surface area (Å²) in [4.78, 5) is 18.5. The van der Waals surface area contributed by atoms with Crippen LogP contribution in [-0.4, -0.2) is 50.4 Å². The normalized spacial score (nSPS) is 15.0. The molecule has 0 amide bonds. The van der Waals surface area contributed by atoms with Crippen LogP contribution in [0.3, 0.4) is 0 Å². The van der Waals surface area contributed by atoms with Gasteiger partial charge in [0.2, 0.25) is 5.95 Å². The molecule has 1 aliphatic heterocycles. The molecule has 3 aromatic heterocycles. The lowest BCUT2D eigenvalue weighted by atomic mass is 10.0. The highest BCUT2D eigenvalue weighted by Gasteiger charge is 2.22. The van der Waals surface area contributed by atoms with Crippen LogP contribution in [-0.2, 0) is 6.54 Å². The molecule has 1 aromatic carbocycles. The molecule has 4 aromatic rings. The number of aromatic nitrogens is 4. The summed E-state index contributed by atoms with van der Waals surface area (Å²) in [6, 6.07) is 14.6. The molecule has 7 heteroatoms. The molecule has 0 unspecified atom stereocenters. The number of pyridine rings is 1. The molecule has 0 aliphatic carbocycles. The van der Waals surface area contributed by atoms with Crippen LogP contribution in [0.25, 0.3) is 16.9 Å². The molecule has 2 N–H and O–H groups in total. The van der Waals surface area contributed by atoms with E-state index < -0.39 is 0 Å². The highest BCUT2D eigenvalue weighted by molar-refractivity contribution is 5.68. The minimum absolute atomic E-state index is 0.509. The molecule has 164 valence electrons. The van der Waals surface area contributed by atoms with Crippen LogP contribution >= 0.6 is 0 Å². The summed E-state index contributed by atoms with van der Waals surface area (Å²) in [5.41, 5.74) is 12.5. The average Bonchev–Trinajstić information content (AvgIpc) is 3.17. The van der Waals surface area contributed by atoms with Crippen molar-refractivity contribution in [2.24, 2.45) is 0 Å². The number of nitrogens with two attached hydrogens (primary N) is 1. The predicted molar refractivity (Wildman–Crippen MR) is 129 cm³/mol. The minimum atomic E-state index is 0.509. The lowest BCUT2D eigenvalue weighted by Gasteiger charge is -2.34. The van der Waals surface area contributed by atoms with E-state index >= 15 is 0 Å². The molecular formula is C25H29N7. The number of rotatable bonds is 5. The summed E-state index contributed by atoms with van der Waals surface area (Å²) in [5, 5.41) is 0. The molecule has 0 bridgehead atoms. The molecule has 0 spiro atoms. The zero-order chi connectivity index (χ0) is 22.1. The van der Waals surface area contributed by atoms with Gasteiger partial charge in [-0.1, -0.05) is 38.1 Å². The van der Waals surface area contributed by atoms with Crippen LogP contribution in [0.15, 0.2) is 61.1 Å². The molecule has 7 nitrogen and oxygen atoms in total. The largest absolute Gasteiger partial charge is 0.398 e. The summed E-state index contributed by atoms with van der Waals surface area (Å²) < 4.78 is 2.15. The molecule has 32 heavy (non-hydrogen) atoms. The fraction of sp³-hybridized carbons (Fsp3) is 0.320. The van der Waals surface area contributed by atoms with Gasteiger partial charge in [0.25, 0.3) is 0 Å². The van der Waals surface area contributed by atoms with Crippen LogP contribution in [0.5, 0.6) is 0 Å². The Morgan fingerprint density at radius 2 is 1.66 bits per heavy atom. The quantitative estimate of drug-likeness (QED) is 0.522. The second kappa shape index (κ2) is 8.59. The van der Waals surface area contributed by atoms with E-state index in [0.29, 0.717) is 5.92 Å². The third kappa shape index (κ3) is 4.03. The molecule has 5 rings (SSSR count). The van der Waals surface area contributed by atoms with Gasteiger partial charge in [0.15, 0.2) is 0 Å². The zero-order valence-corrected chi connectivity index (χ0v) is 18.6. The van der Waals surface area contributed by atoms with Crippen LogP contribution in [0.4, 0.5) is 11.6 Å². The number of benzene rings is 1. The first-order valence-electron chi connectivity index (χ1n) is 11.2. The lowest BCUT2D eigenvalue weighted by Crippen LogP contribution is -2.46. The summed E-state index contributed by atoms with van der Waals surface area (Å²) in [7, 11) is 0. The first-order valence-corrected chi connectivity index (χ1v) is 11.2. The molecule has 0 radical (unpaired) electrons. The Morgan fingerprint density at radius 1 is 0.938 bits per heavy atom. The number of hydrogen-bond donors (Lipinski definition) is 1. The number of piperazine rings is 1. The van der Waals surface area contributed by atoms with Crippen molar-refractivity contribution in [2.75, 3.05) is 36.8 Å². The average molecular weight is 428 g/mol. The Hall–Kier alpha value is -3.45. The van der Waals surface area contributed by atoms with E-state index in [4.69, 9.17) is 10.7 Å². The van der Waals surface area contributed by atoms with Crippen molar-refractivity contribution in [1.82, 2.24) is 24.3 Å². The van der Waals surface area contributed by atoms with E-state index in [1.54, 1.807) is 12.4 Å². The highest BCUT2D eigenvalue weighted by atomic mass is 15.3. The molecule has 1 saturated heterocycles. The molecular weight excluding hydrogens is 398 g/mol. The van der Waals surface area contributed by atoms with Gasteiger partial charge in [0.1, 0.15) is 5.65 Å². The number of fused-ring (bicyclic) bond motifs is 1. The summed E-state index contributed by atoms with van der Waals surface area (Å²) in [6.45, 7) is 8.94. The van der Waals surface area contributed by atoms with Crippen molar-refractivity contribution in [1.29, 1.82) is 0 Å². The Labute approximate surface area is 188 Å². The van der Waals surface area contributed by atoms with E-state index in [-0.39, 0.29) is 0 Å². The molecule has 0 atom stereocenters. The highest BCUT2D eigenvalue weighted by Crippen LogP contribution is 2.28. The fourth-order valence-corrected chi connectivity index (χ4v) is 4.29.